The molecule has 0 aromatic heterocycles. The highest BCUT2D eigenvalue weighted by atomic mass is 16.5. The number of hydrogen-bond donors (Lipinski definition) is 1. The summed E-state index contributed by atoms with van der Waals surface area (Å²) in [6, 6.07) is 3.87. The maximum Gasteiger partial charge on any atom is 0.131 e. The molecular weight excluding hydrogens is 236 g/mol. The number of rotatable bonds is 0. The first-order valence-electron chi connectivity index (χ1n) is 7.13. The first-order valence-corrected chi connectivity index (χ1v) is 7.13. The Labute approximate surface area is 115 Å². The van der Waals surface area contributed by atoms with Crippen LogP contribution in [0, 0.1) is 18.8 Å². The van der Waals surface area contributed by atoms with Crippen LogP contribution in [-0.4, -0.2) is 10.7 Å². The molecule has 0 bridgehead atoms. The van der Waals surface area contributed by atoms with Crippen LogP contribution in [0.5, 0.6) is 11.5 Å². The fourth-order valence-corrected chi connectivity index (χ4v) is 3.53. The van der Waals surface area contributed by atoms with Crippen LogP contribution in [0.1, 0.15) is 44.7 Å². The van der Waals surface area contributed by atoms with Crippen molar-refractivity contribution in [2.45, 2.75) is 46.1 Å². The Balaban J connectivity index is 2.24. The second-order valence-corrected chi connectivity index (χ2v) is 6.59. The van der Waals surface area contributed by atoms with E-state index in [-0.39, 0.29) is 5.60 Å². The molecule has 1 aromatic carbocycles. The van der Waals surface area contributed by atoms with Crippen LogP contribution in [0.3, 0.4) is 0 Å². The van der Waals surface area contributed by atoms with Crippen LogP contribution in [0.15, 0.2) is 18.2 Å². The second kappa shape index (κ2) is 4.03. The zero-order chi connectivity index (χ0) is 13.8. The van der Waals surface area contributed by atoms with E-state index in [9.17, 15) is 5.11 Å². The molecular formula is C17H22O2. The molecule has 0 spiro atoms. The Hall–Kier alpha value is -1.44. The molecule has 1 heterocycles. The molecule has 19 heavy (non-hydrogen) atoms. The van der Waals surface area contributed by atoms with Crippen molar-refractivity contribution in [2.75, 3.05) is 0 Å². The largest absolute Gasteiger partial charge is 0.507 e. The van der Waals surface area contributed by atoms with Crippen molar-refractivity contribution in [3.63, 3.8) is 0 Å². The predicted octanol–water partition coefficient (Wildman–Crippen LogP) is 4.30. The minimum absolute atomic E-state index is 0.195. The number of phenolic OH excluding ortho intramolecular Hbond substituents is 1. The topological polar surface area (TPSA) is 29.5 Å². The van der Waals surface area contributed by atoms with Gasteiger partial charge in [0.05, 0.1) is 5.56 Å². The maximum atomic E-state index is 10.3. The molecule has 0 fully saturated rings. The summed E-state index contributed by atoms with van der Waals surface area (Å²) in [4.78, 5) is 0. The van der Waals surface area contributed by atoms with E-state index in [1.165, 1.54) is 12.0 Å². The third-order valence-corrected chi connectivity index (χ3v) is 4.48. The summed E-state index contributed by atoms with van der Waals surface area (Å²) in [5.41, 5.74) is 3.04. The predicted molar refractivity (Wildman–Crippen MR) is 77.4 cm³/mol. The monoisotopic (exact) mass is 258 g/mol. The van der Waals surface area contributed by atoms with E-state index in [0.717, 1.165) is 23.3 Å². The van der Waals surface area contributed by atoms with Gasteiger partial charge >= 0.3 is 0 Å². The van der Waals surface area contributed by atoms with Crippen molar-refractivity contribution in [1.29, 1.82) is 0 Å². The quantitative estimate of drug-likeness (QED) is 0.751. The molecule has 2 heteroatoms. The van der Waals surface area contributed by atoms with Gasteiger partial charge in [0.25, 0.3) is 0 Å². The number of benzene rings is 1. The zero-order valence-electron chi connectivity index (χ0n) is 12.2. The Kier molecular flexibility index (Phi) is 2.67. The third kappa shape index (κ3) is 1.94. The number of allylic oxidation sites excluding steroid dienone is 1. The van der Waals surface area contributed by atoms with Gasteiger partial charge in [-0.3, -0.25) is 0 Å². The van der Waals surface area contributed by atoms with Crippen molar-refractivity contribution >= 4 is 5.57 Å². The molecule has 0 amide bonds. The van der Waals surface area contributed by atoms with Crippen LogP contribution < -0.4 is 4.74 Å². The average molecular weight is 258 g/mol. The summed E-state index contributed by atoms with van der Waals surface area (Å²) in [7, 11) is 0. The Morgan fingerprint density at radius 2 is 2.00 bits per heavy atom. The van der Waals surface area contributed by atoms with Crippen molar-refractivity contribution in [2.24, 2.45) is 11.8 Å². The van der Waals surface area contributed by atoms with Crippen LogP contribution >= 0.6 is 0 Å². The molecule has 2 nitrogen and oxygen atoms in total. The average Bonchev–Trinajstić information content (AvgIpc) is 2.25. The van der Waals surface area contributed by atoms with Crippen molar-refractivity contribution in [3.8, 4) is 11.5 Å². The van der Waals surface area contributed by atoms with Gasteiger partial charge in [-0.2, -0.15) is 0 Å². The van der Waals surface area contributed by atoms with Gasteiger partial charge in [0.2, 0.25) is 0 Å². The van der Waals surface area contributed by atoms with E-state index in [1.54, 1.807) is 0 Å². The SMILES string of the molecule is Cc1cc(O)c2c(c1)OC(C)(C)[C@@H]1CCC(C)C=C21. The summed E-state index contributed by atoms with van der Waals surface area (Å²) < 4.78 is 6.18. The zero-order valence-corrected chi connectivity index (χ0v) is 12.2. The smallest absolute Gasteiger partial charge is 0.131 e. The molecule has 3 rings (SSSR count). The highest BCUT2D eigenvalue weighted by Crippen LogP contribution is 2.52. The molecule has 0 saturated heterocycles. The minimum Gasteiger partial charge on any atom is -0.507 e. The van der Waals surface area contributed by atoms with Gasteiger partial charge < -0.3 is 9.84 Å². The standard InChI is InChI=1S/C17H22O2/c1-10-5-6-13-12(7-10)16-14(18)8-11(2)9-15(16)19-17(13,3)4/h7-10,13,18H,5-6H2,1-4H3/t10?,13-/m1/s1. The van der Waals surface area contributed by atoms with Crippen LogP contribution in [0.4, 0.5) is 0 Å². The van der Waals surface area contributed by atoms with Gasteiger partial charge in [0, 0.05) is 5.92 Å². The van der Waals surface area contributed by atoms with Gasteiger partial charge in [-0.25, -0.2) is 0 Å². The van der Waals surface area contributed by atoms with Crippen LogP contribution in [0.25, 0.3) is 5.57 Å². The molecule has 1 aliphatic carbocycles. The fraction of sp³-hybridized carbons (Fsp3) is 0.529. The van der Waals surface area contributed by atoms with Gasteiger partial charge in [-0.1, -0.05) is 13.0 Å². The van der Waals surface area contributed by atoms with Gasteiger partial charge in [0.15, 0.2) is 0 Å². The Morgan fingerprint density at radius 1 is 1.26 bits per heavy atom. The summed E-state index contributed by atoms with van der Waals surface area (Å²) in [6.45, 7) is 8.55. The number of ether oxygens (including phenoxy) is 1. The van der Waals surface area contributed by atoms with E-state index in [1.807, 2.05) is 19.1 Å². The van der Waals surface area contributed by atoms with E-state index >= 15 is 0 Å². The lowest BCUT2D eigenvalue weighted by atomic mass is 9.70. The van der Waals surface area contributed by atoms with Crippen LogP contribution in [0.2, 0.25) is 0 Å². The van der Waals surface area contributed by atoms with Crippen molar-refractivity contribution in [3.05, 3.63) is 29.3 Å². The molecule has 102 valence electrons. The van der Waals surface area contributed by atoms with E-state index in [0.29, 0.717) is 17.6 Å². The molecule has 1 N–H and O–H groups in total. The summed E-state index contributed by atoms with van der Waals surface area (Å²) in [5, 5.41) is 10.3. The Bertz CT molecular complexity index is 555. The molecule has 1 unspecified atom stereocenters. The first kappa shape index (κ1) is 12.6. The Morgan fingerprint density at radius 3 is 2.74 bits per heavy atom. The number of aromatic hydroxyl groups is 1. The van der Waals surface area contributed by atoms with Crippen molar-refractivity contribution in [1.82, 2.24) is 0 Å². The summed E-state index contributed by atoms with van der Waals surface area (Å²) >= 11 is 0. The molecule has 1 aliphatic heterocycles. The lowest BCUT2D eigenvalue weighted by Gasteiger charge is -2.44. The van der Waals surface area contributed by atoms with Crippen molar-refractivity contribution < 1.29 is 9.84 Å². The molecule has 2 atom stereocenters. The number of hydrogen-bond acceptors (Lipinski definition) is 2. The first-order chi connectivity index (χ1) is 8.88. The van der Waals surface area contributed by atoms with Gasteiger partial charge in [-0.15, -0.1) is 0 Å². The highest BCUT2D eigenvalue weighted by molar-refractivity contribution is 5.80. The molecule has 2 aliphatic rings. The maximum absolute atomic E-state index is 10.3. The highest BCUT2D eigenvalue weighted by Gasteiger charge is 2.42. The van der Waals surface area contributed by atoms with Gasteiger partial charge in [0.1, 0.15) is 17.1 Å². The summed E-state index contributed by atoms with van der Waals surface area (Å²) in [5.74, 6) is 2.15. The normalized spacial score (nSPS) is 27.9. The van der Waals surface area contributed by atoms with E-state index < -0.39 is 0 Å². The van der Waals surface area contributed by atoms with E-state index in [2.05, 4.69) is 26.8 Å². The van der Waals surface area contributed by atoms with E-state index in [4.69, 9.17) is 4.74 Å². The molecule has 1 aromatic rings. The number of fused-ring (bicyclic) bond motifs is 3. The number of aryl methyl sites for hydroxylation is 1. The minimum atomic E-state index is -0.195. The lowest BCUT2D eigenvalue weighted by Crippen LogP contribution is -2.42. The molecule has 0 saturated carbocycles. The fourth-order valence-electron chi connectivity index (χ4n) is 3.53. The third-order valence-electron chi connectivity index (χ3n) is 4.48. The second-order valence-electron chi connectivity index (χ2n) is 6.59. The number of phenols is 1. The van der Waals surface area contributed by atoms with Crippen LogP contribution in [-0.2, 0) is 0 Å². The molecule has 0 radical (unpaired) electrons. The van der Waals surface area contributed by atoms with Gasteiger partial charge in [-0.05, 0) is 62.8 Å². The lowest BCUT2D eigenvalue weighted by molar-refractivity contribution is 0.0511. The summed E-state index contributed by atoms with van der Waals surface area (Å²) in [6.07, 6.45) is 4.65.